The molecule has 5 rings (SSSR count). The lowest BCUT2D eigenvalue weighted by Gasteiger charge is -2.21. The minimum Gasteiger partial charge on any atom is -0.443 e. The van der Waals surface area contributed by atoms with Gasteiger partial charge in [-0.3, -0.25) is 14.9 Å². The third kappa shape index (κ3) is 4.58. The maximum atomic E-state index is 12.9. The molecule has 4 heterocycles. The lowest BCUT2D eigenvalue weighted by molar-refractivity contribution is -0.274. The summed E-state index contributed by atoms with van der Waals surface area (Å²) in [6.07, 6.45) is -4.40. The Balaban J connectivity index is 1.11. The molecule has 0 radical (unpaired) electrons. The summed E-state index contributed by atoms with van der Waals surface area (Å²) in [5.41, 5.74) is 2.21. The van der Waals surface area contributed by atoms with Gasteiger partial charge in [-0.15, -0.1) is 18.3 Å². The van der Waals surface area contributed by atoms with Gasteiger partial charge in [-0.1, -0.05) is 5.21 Å². The maximum absolute atomic E-state index is 12.9. The van der Waals surface area contributed by atoms with Crippen LogP contribution in [-0.2, 0) is 11.3 Å². The second-order valence-electron chi connectivity index (χ2n) is 8.27. The summed E-state index contributed by atoms with van der Waals surface area (Å²) in [6, 6.07) is 7.61. The summed E-state index contributed by atoms with van der Waals surface area (Å²) in [5, 5.41) is 10.4. The monoisotopic (exact) mass is 476 g/mol. The highest BCUT2D eigenvalue weighted by molar-refractivity contribution is 5.97. The fourth-order valence-corrected chi connectivity index (χ4v) is 4.38. The molecule has 178 valence electrons. The Hall–Kier alpha value is -3.90. The van der Waals surface area contributed by atoms with Crippen molar-refractivity contribution in [3.8, 4) is 5.75 Å². The number of amides is 2. The summed E-state index contributed by atoms with van der Waals surface area (Å²) in [4.78, 5) is 32.5. The molecular weight excluding hydrogens is 457 g/mol. The van der Waals surface area contributed by atoms with E-state index in [1.165, 1.54) is 6.07 Å². The molecule has 0 bridgehead atoms. The van der Waals surface area contributed by atoms with Gasteiger partial charge in [-0.2, -0.15) is 0 Å². The van der Waals surface area contributed by atoms with E-state index in [1.807, 2.05) is 0 Å². The van der Waals surface area contributed by atoms with E-state index < -0.39 is 18.2 Å². The number of halogens is 3. The fourth-order valence-electron chi connectivity index (χ4n) is 4.38. The number of nitrogens with zero attached hydrogens (tertiary/aromatic N) is 5. The highest BCUT2D eigenvalue weighted by Gasteiger charge is 2.43. The minimum atomic E-state index is -4.80. The van der Waals surface area contributed by atoms with Crippen LogP contribution in [0.2, 0.25) is 0 Å². The molecule has 2 aromatic heterocycles. The van der Waals surface area contributed by atoms with Gasteiger partial charge >= 0.3 is 12.5 Å². The molecule has 2 fully saturated rings. The molecule has 34 heavy (non-hydrogen) atoms. The zero-order valence-electron chi connectivity index (χ0n) is 17.7. The average Bonchev–Trinajstić information content (AvgIpc) is 3.51. The van der Waals surface area contributed by atoms with Crippen LogP contribution in [0.25, 0.3) is 11.0 Å². The first-order chi connectivity index (χ1) is 16.2. The predicted molar refractivity (Wildman–Crippen MR) is 109 cm³/mol. The van der Waals surface area contributed by atoms with Crippen LogP contribution in [0.5, 0.6) is 5.75 Å². The van der Waals surface area contributed by atoms with Gasteiger partial charge in [0.1, 0.15) is 17.9 Å². The molecule has 1 aromatic carbocycles. The van der Waals surface area contributed by atoms with Gasteiger partial charge in [0.25, 0.3) is 5.91 Å². The molecule has 2 atom stereocenters. The minimum absolute atomic E-state index is 0.0857. The SMILES string of the molecule is O=C(OCc1ccc(OC(F)(F)F)cn1)N1CC2CN(C(=O)c3ccc4[nH]nnc4c3)CC2C1. The Labute approximate surface area is 190 Å². The van der Waals surface area contributed by atoms with Crippen molar-refractivity contribution in [1.29, 1.82) is 0 Å². The van der Waals surface area contributed by atoms with E-state index in [2.05, 4.69) is 25.1 Å². The fraction of sp³-hybridized carbons (Fsp3) is 0.381. The highest BCUT2D eigenvalue weighted by atomic mass is 19.4. The van der Waals surface area contributed by atoms with E-state index in [0.29, 0.717) is 43.0 Å². The van der Waals surface area contributed by atoms with Gasteiger partial charge in [0.15, 0.2) is 0 Å². The van der Waals surface area contributed by atoms with Gasteiger partial charge in [0, 0.05) is 43.6 Å². The highest BCUT2D eigenvalue weighted by Crippen LogP contribution is 2.32. The number of hydrogen-bond acceptors (Lipinski definition) is 7. The number of H-pyrrole nitrogens is 1. The van der Waals surface area contributed by atoms with Gasteiger partial charge in [0.05, 0.1) is 17.4 Å². The molecule has 2 saturated heterocycles. The van der Waals surface area contributed by atoms with Gasteiger partial charge in [-0.25, -0.2) is 4.79 Å². The van der Waals surface area contributed by atoms with Crippen LogP contribution in [0.4, 0.5) is 18.0 Å². The number of nitrogens with one attached hydrogen (secondary N) is 1. The van der Waals surface area contributed by atoms with E-state index in [9.17, 15) is 22.8 Å². The van der Waals surface area contributed by atoms with Crippen LogP contribution in [0.15, 0.2) is 36.5 Å². The van der Waals surface area contributed by atoms with E-state index >= 15 is 0 Å². The first-order valence-electron chi connectivity index (χ1n) is 10.5. The molecule has 3 aromatic rings. The maximum Gasteiger partial charge on any atom is 0.573 e. The van der Waals surface area contributed by atoms with E-state index in [0.717, 1.165) is 17.8 Å². The second kappa shape index (κ2) is 8.47. The molecule has 2 amide bonds. The number of carbonyl (C=O) groups excluding carboxylic acids is 2. The van der Waals surface area contributed by atoms with Crippen molar-refractivity contribution in [1.82, 2.24) is 30.2 Å². The topological polar surface area (TPSA) is 114 Å². The zero-order valence-corrected chi connectivity index (χ0v) is 17.7. The van der Waals surface area contributed by atoms with Crippen molar-refractivity contribution in [3.05, 3.63) is 47.8 Å². The lowest BCUT2D eigenvalue weighted by atomic mass is 10.0. The summed E-state index contributed by atoms with van der Waals surface area (Å²) < 4.78 is 45.7. The van der Waals surface area contributed by atoms with Gasteiger partial charge < -0.3 is 19.3 Å². The summed E-state index contributed by atoms with van der Waals surface area (Å²) in [7, 11) is 0. The third-order valence-corrected chi connectivity index (χ3v) is 5.98. The van der Waals surface area contributed by atoms with Crippen molar-refractivity contribution in [3.63, 3.8) is 0 Å². The van der Waals surface area contributed by atoms with Gasteiger partial charge in [0.2, 0.25) is 0 Å². The zero-order chi connectivity index (χ0) is 23.9. The van der Waals surface area contributed by atoms with Crippen molar-refractivity contribution >= 4 is 23.0 Å². The van der Waals surface area contributed by atoms with E-state index in [4.69, 9.17) is 4.74 Å². The number of alkyl halides is 3. The smallest absolute Gasteiger partial charge is 0.443 e. The Morgan fingerprint density at radius 3 is 2.47 bits per heavy atom. The van der Waals surface area contributed by atoms with Crippen LogP contribution in [0.3, 0.4) is 0 Å². The molecule has 0 aliphatic carbocycles. The first kappa shape index (κ1) is 21.9. The van der Waals surface area contributed by atoms with Crippen molar-refractivity contribution in [2.45, 2.75) is 13.0 Å². The summed E-state index contributed by atoms with van der Waals surface area (Å²) in [5.74, 6) is -0.249. The summed E-state index contributed by atoms with van der Waals surface area (Å²) in [6.45, 7) is 1.81. The number of carbonyl (C=O) groups is 2. The van der Waals surface area contributed by atoms with Crippen LogP contribution in [-0.4, -0.2) is 74.7 Å². The van der Waals surface area contributed by atoms with Crippen LogP contribution < -0.4 is 4.74 Å². The average molecular weight is 476 g/mol. The molecule has 13 heteroatoms. The molecule has 2 aliphatic heterocycles. The van der Waals surface area contributed by atoms with Gasteiger partial charge in [-0.05, 0) is 30.3 Å². The van der Waals surface area contributed by atoms with Crippen LogP contribution >= 0.6 is 0 Å². The molecule has 1 N–H and O–H groups in total. The number of benzene rings is 1. The first-order valence-corrected chi connectivity index (χ1v) is 10.5. The predicted octanol–water partition coefficient (Wildman–Crippen LogP) is 2.59. The molecular formula is C21H19F3N6O4. The number of ether oxygens (including phenoxy) is 2. The molecule has 2 aliphatic rings. The van der Waals surface area contributed by atoms with E-state index in [1.54, 1.807) is 28.0 Å². The summed E-state index contributed by atoms with van der Waals surface area (Å²) >= 11 is 0. The lowest BCUT2D eigenvalue weighted by Crippen LogP contribution is -2.35. The van der Waals surface area contributed by atoms with Crippen molar-refractivity contribution < 1.29 is 32.2 Å². The van der Waals surface area contributed by atoms with Crippen molar-refractivity contribution in [2.75, 3.05) is 26.2 Å². The Morgan fingerprint density at radius 1 is 1.06 bits per heavy atom. The van der Waals surface area contributed by atoms with Crippen LogP contribution in [0.1, 0.15) is 16.1 Å². The number of pyridine rings is 1. The Bertz CT molecular complexity index is 1200. The molecule has 0 saturated carbocycles. The number of aromatic amines is 1. The Morgan fingerprint density at radius 2 is 1.79 bits per heavy atom. The largest absolute Gasteiger partial charge is 0.573 e. The Kier molecular flexibility index (Phi) is 5.46. The standard InChI is InChI=1S/C21H19F3N6O4/c22-21(23,24)34-16-3-2-15(25-6-16)11-33-20(32)30-9-13-7-29(8-14(13)10-30)19(31)12-1-4-17-18(5-12)27-28-26-17/h1-6,13-14H,7-11H2,(H,26,27,28). The van der Waals surface area contributed by atoms with E-state index in [-0.39, 0.29) is 24.3 Å². The number of likely N-dealkylation sites (tertiary alicyclic amines) is 2. The molecule has 0 spiro atoms. The normalized spacial score (nSPS) is 20.0. The van der Waals surface area contributed by atoms with Crippen LogP contribution in [0, 0.1) is 11.8 Å². The number of fused-ring (bicyclic) bond motifs is 2. The molecule has 2 unspecified atom stereocenters. The number of rotatable bonds is 4. The second-order valence-corrected chi connectivity index (χ2v) is 8.27. The molecule has 10 nitrogen and oxygen atoms in total. The number of hydrogen-bond donors (Lipinski definition) is 1. The third-order valence-electron chi connectivity index (χ3n) is 5.98. The van der Waals surface area contributed by atoms with Crippen molar-refractivity contribution in [2.24, 2.45) is 11.8 Å². The number of aromatic nitrogens is 4. The quantitative estimate of drug-likeness (QED) is 0.616.